The molecule has 1 aromatic rings. The first-order chi connectivity index (χ1) is 9.90. The first-order valence-electron chi connectivity index (χ1n) is 6.67. The van der Waals surface area contributed by atoms with Crippen LogP contribution in [0.25, 0.3) is 0 Å². The van der Waals surface area contributed by atoms with E-state index in [9.17, 15) is 17.6 Å². The molecular weight excluding hydrogens is 319 g/mol. The van der Waals surface area contributed by atoms with Crippen molar-refractivity contribution in [3.05, 3.63) is 29.0 Å². The van der Waals surface area contributed by atoms with Crippen LogP contribution in [0.5, 0.6) is 0 Å². The molecule has 0 heterocycles. The molecule has 0 atom stereocenters. The molecule has 0 aromatic heterocycles. The molecule has 5 nitrogen and oxygen atoms in total. The van der Waals surface area contributed by atoms with Gasteiger partial charge in [-0.1, -0.05) is 30.9 Å². The lowest BCUT2D eigenvalue weighted by molar-refractivity contribution is -0.126. The van der Waals surface area contributed by atoms with Gasteiger partial charge in [0.25, 0.3) is 10.0 Å². The summed E-state index contributed by atoms with van der Waals surface area (Å²) in [5.74, 6) is -1.55. The SMILES string of the molecule is O=C(NNS(=O)(=O)c1ccc(Cl)cc1F)C1CCCCC1. The average molecular weight is 335 g/mol. The summed E-state index contributed by atoms with van der Waals surface area (Å²) in [6, 6.07) is 3.22. The van der Waals surface area contributed by atoms with Crippen molar-refractivity contribution in [2.75, 3.05) is 0 Å². The normalized spacial score (nSPS) is 16.7. The highest BCUT2D eigenvalue weighted by Gasteiger charge is 2.24. The number of rotatable bonds is 4. The molecule has 116 valence electrons. The van der Waals surface area contributed by atoms with E-state index >= 15 is 0 Å². The Morgan fingerprint density at radius 2 is 1.90 bits per heavy atom. The van der Waals surface area contributed by atoms with Gasteiger partial charge in [-0.2, -0.15) is 0 Å². The van der Waals surface area contributed by atoms with Gasteiger partial charge in [0.1, 0.15) is 10.7 Å². The summed E-state index contributed by atoms with van der Waals surface area (Å²) >= 11 is 5.57. The van der Waals surface area contributed by atoms with Crippen LogP contribution in [-0.4, -0.2) is 14.3 Å². The van der Waals surface area contributed by atoms with Crippen LogP contribution in [0.4, 0.5) is 4.39 Å². The lowest BCUT2D eigenvalue weighted by Crippen LogP contribution is -2.45. The van der Waals surface area contributed by atoms with Crippen LogP contribution in [0.15, 0.2) is 23.1 Å². The van der Waals surface area contributed by atoms with Gasteiger partial charge in [-0.25, -0.2) is 12.8 Å². The minimum absolute atomic E-state index is 0.0951. The molecule has 1 aromatic carbocycles. The van der Waals surface area contributed by atoms with Gasteiger partial charge in [-0.3, -0.25) is 10.2 Å². The van der Waals surface area contributed by atoms with Crippen molar-refractivity contribution in [1.29, 1.82) is 0 Å². The van der Waals surface area contributed by atoms with E-state index in [1.807, 2.05) is 4.83 Å². The zero-order valence-corrected chi connectivity index (χ0v) is 12.8. The van der Waals surface area contributed by atoms with Crippen LogP contribution in [0.2, 0.25) is 5.02 Å². The third kappa shape index (κ3) is 4.15. The molecule has 1 fully saturated rings. The number of nitrogens with one attached hydrogen (secondary N) is 2. The van der Waals surface area contributed by atoms with Crippen LogP contribution in [0, 0.1) is 11.7 Å². The molecule has 0 spiro atoms. The van der Waals surface area contributed by atoms with Crippen molar-refractivity contribution >= 4 is 27.5 Å². The fourth-order valence-corrected chi connectivity index (χ4v) is 3.40. The fourth-order valence-electron chi connectivity index (χ4n) is 2.33. The number of carbonyl (C=O) groups is 1. The Bertz CT molecular complexity index is 630. The Balaban J connectivity index is 2.02. The van der Waals surface area contributed by atoms with Gasteiger partial charge in [0.2, 0.25) is 5.91 Å². The molecule has 0 saturated heterocycles. The predicted octanol–water partition coefficient (Wildman–Crippen LogP) is 2.37. The van der Waals surface area contributed by atoms with Crippen LogP contribution >= 0.6 is 11.6 Å². The number of benzene rings is 1. The van der Waals surface area contributed by atoms with E-state index < -0.39 is 20.7 Å². The number of halogens is 2. The Hall–Kier alpha value is -1.18. The smallest absolute Gasteiger partial charge is 0.260 e. The van der Waals surface area contributed by atoms with Crippen molar-refractivity contribution in [3.8, 4) is 0 Å². The van der Waals surface area contributed by atoms with Gasteiger partial charge in [-0.05, 0) is 31.0 Å². The summed E-state index contributed by atoms with van der Waals surface area (Å²) < 4.78 is 37.5. The van der Waals surface area contributed by atoms with E-state index in [0.717, 1.165) is 44.2 Å². The van der Waals surface area contributed by atoms with Crippen LogP contribution in [-0.2, 0) is 14.8 Å². The van der Waals surface area contributed by atoms with Crippen molar-refractivity contribution in [2.45, 2.75) is 37.0 Å². The fraction of sp³-hybridized carbons (Fsp3) is 0.462. The maximum absolute atomic E-state index is 13.6. The minimum atomic E-state index is -4.16. The summed E-state index contributed by atoms with van der Waals surface area (Å²) in [5, 5.41) is 0.0951. The van der Waals surface area contributed by atoms with Crippen LogP contribution in [0.3, 0.4) is 0 Å². The van der Waals surface area contributed by atoms with E-state index in [-0.39, 0.29) is 16.8 Å². The molecule has 1 saturated carbocycles. The van der Waals surface area contributed by atoms with Crippen LogP contribution < -0.4 is 10.3 Å². The number of hydrogen-bond acceptors (Lipinski definition) is 3. The summed E-state index contributed by atoms with van der Waals surface area (Å²) in [4.78, 5) is 13.2. The Labute approximate surface area is 127 Å². The van der Waals surface area contributed by atoms with Gasteiger partial charge in [0, 0.05) is 10.9 Å². The average Bonchev–Trinajstić information content (AvgIpc) is 2.45. The highest BCUT2D eigenvalue weighted by molar-refractivity contribution is 7.89. The number of amides is 1. The van der Waals surface area contributed by atoms with E-state index in [2.05, 4.69) is 5.43 Å². The Morgan fingerprint density at radius 3 is 2.52 bits per heavy atom. The first-order valence-corrected chi connectivity index (χ1v) is 8.53. The number of hydrazine groups is 1. The summed E-state index contributed by atoms with van der Waals surface area (Å²) in [7, 11) is -4.16. The van der Waals surface area contributed by atoms with Gasteiger partial charge in [0.15, 0.2) is 0 Å². The third-order valence-corrected chi connectivity index (χ3v) is 4.98. The quantitative estimate of drug-likeness (QED) is 0.830. The predicted molar refractivity (Wildman–Crippen MR) is 76.4 cm³/mol. The second kappa shape index (κ2) is 6.72. The molecule has 1 amide bonds. The van der Waals surface area contributed by atoms with Crippen molar-refractivity contribution in [2.24, 2.45) is 5.92 Å². The zero-order valence-electron chi connectivity index (χ0n) is 11.2. The zero-order chi connectivity index (χ0) is 15.5. The second-order valence-electron chi connectivity index (χ2n) is 5.00. The first kappa shape index (κ1) is 16.2. The maximum atomic E-state index is 13.6. The van der Waals surface area contributed by atoms with E-state index in [4.69, 9.17) is 11.6 Å². The van der Waals surface area contributed by atoms with Crippen LogP contribution in [0.1, 0.15) is 32.1 Å². The number of carbonyl (C=O) groups excluding carboxylic acids is 1. The second-order valence-corrected chi connectivity index (χ2v) is 7.09. The minimum Gasteiger partial charge on any atom is -0.277 e. The van der Waals surface area contributed by atoms with Crippen molar-refractivity contribution in [1.82, 2.24) is 10.3 Å². The van der Waals surface area contributed by atoms with E-state index in [0.29, 0.717) is 0 Å². The largest absolute Gasteiger partial charge is 0.277 e. The molecule has 2 N–H and O–H groups in total. The van der Waals surface area contributed by atoms with Gasteiger partial charge >= 0.3 is 0 Å². The molecule has 0 radical (unpaired) electrons. The molecule has 2 rings (SSSR count). The molecule has 0 aliphatic heterocycles. The van der Waals surface area contributed by atoms with E-state index in [1.165, 1.54) is 6.07 Å². The highest BCUT2D eigenvalue weighted by Crippen LogP contribution is 2.23. The van der Waals surface area contributed by atoms with E-state index in [1.54, 1.807) is 0 Å². The Kier molecular flexibility index (Phi) is 5.18. The monoisotopic (exact) mass is 334 g/mol. The van der Waals surface area contributed by atoms with Gasteiger partial charge < -0.3 is 0 Å². The molecule has 21 heavy (non-hydrogen) atoms. The topological polar surface area (TPSA) is 75.3 Å². The molecule has 0 unspecified atom stereocenters. The summed E-state index contributed by atoms with van der Waals surface area (Å²) in [6.07, 6.45) is 4.48. The lowest BCUT2D eigenvalue weighted by Gasteiger charge is -2.20. The van der Waals surface area contributed by atoms with Crippen molar-refractivity contribution < 1.29 is 17.6 Å². The molecule has 0 bridgehead atoms. The summed E-state index contributed by atoms with van der Waals surface area (Å²) in [5.41, 5.74) is 2.16. The molecule has 8 heteroatoms. The maximum Gasteiger partial charge on any atom is 0.260 e. The summed E-state index contributed by atoms with van der Waals surface area (Å²) in [6.45, 7) is 0. The van der Waals surface area contributed by atoms with Gasteiger partial charge in [-0.15, -0.1) is 4.83 Å². The van der Waals surface area contributed by atoms with Gasteiger partial charge in [0.05, 0.1) is 0 Å². The third-order valence-electron chi connectivity index (χ3n) is 3.47. The molecular formula is C13H16ClFN2O3S. The molecule has 1 aliphatic carbocycles. The number of hydrogen-bond donors (Lipinski definition) is 2. The molecule has 1 aliphatic rings. The highest BCUT2D eigenvalue weighted by atomic mass is 35.5. The Morgan fingerprint density at radius 1 is 1.24 bits per heavy atom. The lowest BCUT2D eigenvalue weighted by atomic mass is 9.89. The van der Waals surface area contributed by atoms with Crippen molar-refractivity contribution in [3.63, 3.8) is 0 Å². The number of sulfonamides is 1. The standard InChI is InChI=1S/C13H16ClFN2O3S/c14-10-6-7-12(11(15)8-10)21(19,20)17-16-13(18)9-4-2-1-3-5-9/h6-9,17H,1-5H2,(H,16,18).